The van der Waals surface area contributed by atoms with Crippen LogP contribution in [0.5, 0.6) is 0 Å². The molecule has 1 fully saturated rings. The van der Waals surface area contributed by atoms with Crippen molar-refractivity contribution >= 4 is 33.2 Å². The highest BCUT2D eigenvalue weighted by molar-refractivity contribution is 7.21. The number of nitrogens with two attached hydrogens (primary N) is 1. The molecule has 0 aliphatic heterocycles. The first-order valence-corrected chi connectivity index (χ1v) is 8.18. The standard InChI is InChI=1S/C15H17N5OS/c16-13-12(15-18-9-4-1-2-7-11(9)22-15)14(20-19-13)17-8-5-3-6-10(8)21/h1-2,4,7-8,10,21H,3,5-6H2,(H4,16,17,19,20)/t8-,10-/m1/s1. The number of aromatic amines is 1. The van der Waals surface area contributed by atoms with Crippen molar-refractivity contribution in [2.45, 2.75) is 31.4 Å². The molecule has 1 saturated carbocycles. The molecule has 7 heteroatoms. The molecule has 2 heterocycles. The lowest BCUT2D eigenvalue weighted by Gasteiger charge is -2.17. The second-order valence-electron chi connectivity index (χ2n) is 5.59. The predicted octanol–water partition coefficient (Wildman–Crippen LogP) is 2.59. The van der Waals surface area contributed by atoms with E-state index >= 15 is 0 Å². The number of nitrogens with zero attached hydrogens (tertiary/aromatic N) is 2. The molecule has 1 aromatic carbocycles. The molecule has 2 aromatic heterocycles. The van der Waals surface area contributed by atoms with E-state index in [4.69, 9.17) is 5.73 Å². The number of aliphatic hydroxyl groups is 1. The summed E-state index contributed by atoms with van der Waals surface area (Å²) < 4.78 is 1.12. The van der Waals surface area contributed by atoms with E-state index in [1.807, 2.05) is 24.3 Å². The summed E-state index contributed by atoms with van der Waals surface area (Å²) in [5.74, 6) is 1.16. The average molecular weight is 315 g/mol. The average Bonchev–Trinajstić information content (AvgIpc) is 3.19. The summed E-state index contributed by atoms with van der Waals surface area (Å²) in [5.41, 5.74) is 7.77. The van der Waals surface area contributed by atoms with Crippen molar-refractivity contribution in [2.75, 3.05) is 11.1 Å². The summed E-state index contributed by atoms with van der Waals surface area (Å²) >= 11 is 1.59. The van der Waals surface area contributed by atoms with Crippen LogP contribution >= 0.6 is 11.3 Å². The number of aliphatic hydroxyl groups excluding tert-OH is 1. The molecule has 0 amide bonds. The normalized spacial score (nSPS) is 21.5. The number of para-hydroxylation sites is 1. The molecule has 5 N–H and O–H groups in total. The number of H-pyrrole nitrogens is 1. The summed E-state index contributed by atoms with van der Waals surface area (Å²) in [4.78, 5) is 4.65. The van der Waals surface area contributed by atoms with Crippen molar-refractivity contribution in [3.8, 4) is 10.6 Å². The summed E-state index contributed by atoms with van der Waals surface area (Å²) in [6.45, 7) is 0. The molecule has 4 rings (SSSR count). The van der Waals surface area contributed by atoms with Crippen LogP contribution in [0.15, 0.2) is 24.3 Å². The molecule has 2 atom stereocenters. The number of nitrogen functional groups attached to an aromatic ring is 1. The molecule has 1 aliphatic carbocycles. The van der Waals surface area contributed by atoms with Crippen LogP contribution in [0, 0.1) is 0 Å². The van der Waals surface area contributed by atoms with Crippen LogP contribution in [0.3, 0.4) is 0 Å². The molecule has 6 nitrogen and oxygen atoms in total. The lowest BCUT2D eigenvalue weighted by atomic mass is 10.2. The Labute approximate surface area is 131 Å². The Balaban J connectivity index is 1.73. The van der Waals surface area contributed by atoms with Crippen molar-refractivity contribution in [2.24, 2.45) is 0 Å². The quantitative estimate of drug-likeness (QED) is 0.595. The van der Waals surface area contributed by atoms with E-state index < -0.39 is 0 Å². The number of benzene rings is 1. The number of aromatic nitrogens is 3. The third-order valence-electron chi connectivity index (χ3n) is 4.11. The molecule has 114 valence electrons. The molecule has 22 heavy (non-hydrogen) atoms. The number of fused-ring (bicyclic) bond motifs is 1. The first kappa shape index (κ1) is 13.5. The minimum absolute atomic E-state index is 0.0352. The minimum atomic E-state index is -0.326. The number of thiazole rings is 1. The number of rotatable bonds is 3. The molecule has 0 saturated heterocycles. The lowest BCUT2D eigenvalue weighted by molar-refractivity contribution is 0.171. The van der Waals surface area contributed by atoms with Crippen LogP contribution in [0.25, 0.3) is 20.8 Å². The van der Waals surface area contributed by atoms with Gasteiger partial charge in [0.2, 0.25) is 0 Å². The predicted molar refractivity (Wildman–Crippen MR) is 88.9 cm³/mol. The fourth-order valence-electron chi connectivity index (χ4n) is 2.95. The second kappa shape index (κ2) is 5.26. The van der Waals surface area contributed by atoms with Crippen LogP contribution in [0.4, 0.5) is 11.6 Å². The highest BCUT2D eigenvalue weighted by Crippen LogP contribution is 2.38. The maximum atomic E-state index is 9.99. The zero-order valence-corrected chi connectivity index (χ0v) is 12.7. The number of anilines is 2. The van der Waals surface area contributed by atoms with Crippen molar-refractivity contribution in [1.29, 1.82) is 0 Å². The molecule has 0 spiro atoms. The fraction of sp³-hybridized carbons (Fsp3) is 0.333. The minimum Gasteiger partial charge on any atom is -0.391 e. The summed E-state index contributed by atoms with van der Waals surface area (Å²) in [6.07, 6.45) is 2.48. The first-order chi connectivity index (χ1) is 10.7. The fourth-order valence-corrected chi connectivity index (χ4v) is 3.98. The smallest absolute Gasteiger partial charge is 0.157 e. The maximum absolute atomic E-state index is 9.99. The van der Waals surface area contributed by atoms with Gasteiger partial charge in [0, 0.05) is 0 Å². The van der Waals surface area contributed by atoms with Crippen molar-refractivity contribution < 1.29 is 5.11 Å². The zero-order chi connectivity index (χ0) is 15.1. The Morgan fingerprint density at radius 3 is 2.95 bits per heavy atom. The summed E-state index contributed by atoms with van der Waals surface area (Å²) in [7, 11) is 0. The van der Waals surface area contributed by atoms with Gasteiger partial charge in [0.25, 0.3) is 0 Å². The van der Waals surface area contributed by atoms with Gasteiger partial charge in [0.05, 0.1) is 27.9 Å². The van der Waals surface area contributed by atoms with Gasteiger partial charge >= 0.3 is 0 Å². The molecule has 0 radical (unpaired) electrons. The molecule has 0 bridgehead atoms. The van der Waals surface area contributed by atoms with Gasteiger partial charge in [-0.3, -0.25) is 5.10 Å². The van der Waals surface area contributed by atoms with E-state index in [-0.39, 0.29) is 12.1 Å². The first-order valence-electron chi connectivity index (χ1n) is 7.37. The number of hydrogen-bond donors (Lipinski definition) is 4. The van der Waals surface area contributed by atoms with Crippen molar-refractivity contribution in [3.63, 3.8) is 0 Å². The molecule has 1 aliphatic rings. The van der Waals surface area contributed by atoms with Crippen LogP contribution in [-0.4, -0.2) is 32.4 Å². The Morgan fingerprint density at radius 1 is 1.32 bits per heavy atom. The largest absolute Gasteiger partial charge is 0.391 e. The Kier molecular flexibility index (Phi) is 3.24. The number of nitrogens with one attached hydrogen (secondary N) is 2. The topological polar surface area (TPSA) is 99.8 Å². The maximum Gasteiger partial charge on any atom is 0.157 e. The second-order valence-corrected chi connectivity index (χ2v) is 6.63. The van der Waals surface area contributed by atoms with Crippen LogP contribution in [0.1, 0.15) is 19.3 Å². The summed E-state index contributed by atoms with van der Waals surface area (Å²) in [5, 5.41) is 21.2. The summed E-state index contributed by atoms with van der Waals surface area (Å²) in [6, 6.07) is 8.03. The van der Waals surface area contributed by atoms with E-state index in [2.05, 4.69) is 20.5 Å². The van der Waals surface area contributed by atoms with Crippen molar-refractivity contribution in [3.05, 3.63) is 24.3 Å². The van der Waals surface area contributed by atoms with Gasteiger partial charge in [0.15, 0.2) is 5.82 Å². The lowest BCUT2D eigenvalue weighted by Crippen LogP contribution is -2.28. The van der Waals surface area contributed by atoms with Gasteiger partial charge in [-0.25, -0.2) is 4.98 Å². The van der Waals surface area contributed by atoms with Crippen molar-refractivity contribution in [1.82, 2.24) is 15.2 Å². The van der Waals surface area contributed by atoms with Gasteiger partial charge in [-0.15, -0.1) is 11.3 Å². The van der Waals surface area contributed by atoms with Crippen LogP contribution in [-0.2, 0) is 0 Å². The van der Waals surface area contributed by atoms with Gasteiger partial charge in [-0.05, 0) is 31.4 Å². The van der Waals surface area contributed by atoms with E-state index in [1.165, 1.54) is 0 Å². The molecular weight excluding hydrogens is 298 g/mol. The van der Waals surface area contributed by atoms with E-state index in [0.29, 0.717) is 5.82 Å². The molecule has 3 aromatic rings. The molecule has 0 unspecified atom stereocenters. The van der Waals surface area contributed by atoms with Crippen LogP contribution < -0.4 is 11.1 Å². The monoisotopic (exact) mass is 315 g/mol. The van der Waals surface area contributed by atoms with E-state index in [1.54, 1.807) is 11.3 Å². The van der Waals surface area contributed by atoms with Gasteiger partial charge in [0.1, 0.15) is 10.8 Å². The van der Waals surface area contributed by atoms with Crippen LogP contribution in [0.2, 0.25) is 0 Å². The highest BCUT2D eigenvalue weighted by atomic mass is 32.1. The zero-order valence-electron chi connectivity index (χ0n) is 11.9. The number of hydrogen-bond acceptors (Lipinski definition) is 6. The Bertz CT molecular complexity index is 778. The van der Waals surface area contributed by atoms with Gasteiger partial charge in [-0.2, -0.15) is 5.10 Å². The SMILES string of the molecule is Nc1n[nH]c(N[C@@H]2CCC[C@H]2O)c1-c1nc2ccccc2s1. The van der Waals surface area contributed by atoms with Gasteiger partial charge < -0.3 is 16.2 Å². The Morgan fingerprint density at radius 2 is 2.18 bits per heavy atom. The van der Waals surface area contributed by atoms with E-state index in [0.717, 1.165) is 45.9 Å². The molecular formula is C15H17N5OS. The highest BCUT2D eigenvalue weighted by Gasteiger charge is 2.27. The third kappa shape index (κ3) is 2.22. The third-order valence-corrected chi connectivity index (χ3v) is 5.17. The Hall–Kier alpha value is -2.12. The van der Waals surface area contributed by atoms with E-state index in [9.17, 15) is 5.11 Å². The van der Waals surface area contributed by atoms with Gasteiger partial charge in [-0.1, -0.05) is 12.1 Å².